The van der Waals surface area contributed by atoms with Crippen molar-refractivity contribution in [1.29, 1.82) is 0 Å². The second-order valence-corrected chi connectivity index (χ2v) is 20.4. The summed E-state index contributed by atoms with van der Waals surface area (Å²) in [6.45, 7) is 22.7. The number of alkyl carbamates (subject to hydrolysis) is 1. The third kappa shape index (κ3) is 14.0. The summed E-state index contributed by atoms with van der Waals surface area (Å²) < 4.78 is 53.8. The van der Waals surface area contributed by atoms with E-state index in [4.69, 9.17) is 48.4 Å². The summed E-state index contributed by atoms with van der Waals surface area (Å²) in [5, 5.41) is 37.6. The van der Waals surface area contributed by atoms with Gasteiger partial charge in [0.15, 0.2) is 18.4 Å². The first-order valence-corrected chi connectivity index (χ1v) is 21.0. The summed E-state index contributed by atoms with van der Waals surface area (Å²) in [6.07, 6.45) is -9.66. The lowest BCUT2D eigenvalue weighted by atomic mass is 9.80. The van der Waals surface area contributed by atoms with Crippen LogP contribution in [-0.4, -0.2) is 172 Å². The summed E-state index contributed by atoms with van der Waals surface area (Å²) in [4.78, 5) is 42.3. The Morgan fingerprint density at radius 2 is 1.38 bits per heavy atom. The summed E-state index contributed by atoms with van der Waals surface area (Å²) >= 11 is 0. The van der Waals surface area contributed by atoms with Gasteiger partial charge in [-0.2, -0.15) is 0 Å². The molecule has 0 aromatic rings. The molecular weight excluding hydrogens is 788 g/mol. The second-order valence-electron chi connectivity index (χ2n) is 20.4. The minimum atomic E-state index is -1.70. The monoisotopic (exact) mass is 863 g/mol. The van der Waals surface area contributed by atoms with Crippen LogP contribution in [0.3, 0.4) is 0 Å². The highest BCUT2D eigenvalue weighted by atomic mass is 16.7. The van der Waals surface area contributed by atoms with Crippen LogP contribution in [0.1, 0.15) is 109 Å². The quantitative estimate of drug-likeness (QED) is 0.199. The van der Waals surface area contributed by atoms with E-state index in [1.165, 1.54) is 18.9 Å². The third-order valence-corrected chi connectivity index (χ3v) is 10.5. The van der Waals surface area contributed by atoms with Gasteiger partial charge in [-0.05, 0) is 108 Å². The first-order chi connectivity index (χ1) is 27.3. The number of hydrogen-bond acceptors (Lipinski definition) is 16. The lowest BCUT2D eigenvalue weighted by molar-refractivity contribution is -0.316. The standard InChI is InChI=1S/C41H74N4O15/c1-22-17-25(42)30(56-33-28(47)31(41(13,51)21-52-33)44(14)35(49)59-38(5,6)7)27(46)29(22)55-32-26(43-34(48)58-37(2,3)4)16-15-23(54-32)18-45(36(50)60-39(8,9)10)19-24-20-53-40(11,12)57-24/h22-33,46-47,51H,15-21,42H2,1-14H3,(H,43,48)/t22-,23-,24+,25+,26?,27?,28?,29?,30?,31+,32+,33+,41?/m0/s1. The minimum absolute atomic E-state index is 0.0905. The highest BCUT2D eigenvalue weighted by Crippen LogP contribution is 2.36. The Morgan fingerprint density at radius 1 is 0.817 bits per heavy atom. The number of ether oxygens (including phenoxy) is 9. The molecule has 0 aromatic heterocycles. The molecule has 60 heavy (non-hydrogen) atoms. The zero-order chi connectivity index (χ0) is 45.3. The number of amides is 3. The number of carbonyl (C=O) groups excluding carboxylic acids is 3. The Labute approximate surface area is 355 Å². The average Bonchev–Trinajstić information content (AvgIpc) is 3.41. The van der Waals surface area contributed by atoms with Gasteiger partial charge in [0.05, 0.1) is 50.6 Å². The van der Waals surface area contributed by atoms with E-state index in [1.54, 1.807) is 76.2 Å². The maximum absolute atomic E-state index is 13.6. The van der Waals surface area contributed by atoms with Gasteiger partial charge in [-0.1, -0.05) is 6.92 Å². The van der Waals surface area contributed by atoms with E-state index in [1.807, 2.05) is 6.92 Å². The number of carbonyl (C=O) groups is 3. The molecule has 4 fully saturated rings. The summed E-state index contributed by atoms with van der Waals surface area (Å²) in [6, 6.07) is -2.71. The zero-order valence-corrected chi connectivity index (χ0v) is 38.1. The highest BCUT2D eigenvalue weighted by molar-refractivity contribution is 5.69. The van der Waals surface area contributed by atoms with Gasteiger partial charge < -0.3 is 78.8 Å². The molecule has 4 aliphatic rings. The Balaban J connectivity index is 1.55. The van der Waals surface area contributed by atoms with Crippen LogP contribution in [0.25, 0.3) is 0 Å². The number of hydrogen-bond donors (Lipinski definition) is 5. The van der Waals surface area contributed by atoms with E-state index in [0.29, 0.717) is 19.3 Å². The van der Waals surface area contributed by atoms with Crippen molar-refractivity contribution < 1.29 is 72.3 Å². The third-order valence-electron chi connectivity index (χ3n) is 10.5. The van der Waals surface area contributed by atoms with Crippen molar-refractivity contribution in [3.8, 4) is 0 Å². The van der Waals surface area contributed by atoms with Gasteiger partial charge in [0.25, 0.3) is 0 Å². The molecule has 1 saturated carbocycles. The molecule has 0 bridgehead atoms. The van der Waals surface area contributed by atoms with Crippen LogP contribution >= 0.6 is 0 Å². The minimum Gasteiger partial charge on any atom is -0.444 e. The molecule has 19 heteroatoms. The van der Waals surface area contributed by atoms with Gasteiger partial charge in [0.2, 0.25) is 0 Å². The van der Waals surface area contributed by atoms with Crippen molar-refractivity contribution in [2.24, 2.45) is 11.7 Å². The van der Waals surface area contributed by atoms with Crippen molar-refractivity contribution in [3.05, 3.63) is 0 Å². The molecule has 13 atom stereocenters. The molecular formula is C41H74N4O15. The molecule has 0 aromatic carbocycles. The number of aliphatic hydroxyl groups is 3. The predicted molar refractivity (Wildman–Crippen MR) is 215 cm³/mol. The molecule has 4 rings (SSSR count). The first kappa shape index (κ1) is 50.1. The predicted octanol–water partition coefficient (Wildman–Crippen LogP) is 2.98. The average molecular weight is 863 g/mol. The fourth-order valence-corrected chi connectivity index (χ4v) is 7.95. The van der Waals surface area contributed by atoms with Crippen molar-refractivity contribution in [2.45, 2.75) is 205 Å². The lowest BCUT2D eigenvalue weighted by Crippen LogP contribution is -2.68. The van der Waals surface area contributed by atoms with Gasteiger partial charge in [-0.15, -0.1) is 0 Å². The molecule has 3 aliphatic heterocycles. The van der Waals surface area contributed by atoms with Crippen molar-refractivity contribution in [3.63, 3.8) is 0 Å². The van der Waals surface area contributed by atoms with E-state index >= 15 is 0 Å². The Hall–Kier alpha value is -2.59. The first-order valence-electron chi connectivity index (χ1n) is 21.0. The normalized spacial score (nSPS) is 36.2. The SMILES string of the molecule is C[C@H]1C[C@@H](N)C(O[C@H]2OCC(C)(O)[C@H](N(C)C(=O)OC(C)(C)C)C2O)C(O)C1O[C@H]1O[C@H](CN(C[C@@H]2COC(C)(C)O2)C(=O)OC(C)(C)C)CCC1NC(=O)OC(C)(C)C. The smallest absolute Gasteiger partial charge is 0.410 e. The maximum atomic E-state index is 13.6. The number of nitrogens with two attached hydrogens (primary N) is 1. The molecule has 3 amide bonds. The molecule has 0 radical (unpaired) electrons. The Kier molecular flexibility index (Phi) is 15.9. The van der Waals surface area contributed by atoms with E-state index in [-0.39, 0.29) is 32.2 Å². The fraction of sp³-hybridized carbons (Fsp3) is 0.927. The molecule has 3 heterocycles. The van der Waals surface area contributed by atoms with Crippen LogP contribution in [0.2, 0.25) is 0 Å². The largest absolute Gasteiger partial charge is 0.444 e. The van der Waals surface area contributed by atoms with E-state index < -0.39 is 114 Å². The van der Waals surface area contributed by atoms with Crippen molar-refractivity contribution in [1.82, 2.24) is 15.1 Å². The zero-order valence-electron chi connectivity index (χ0n) is 38.1. The molecule has 0 spiro atoms. The van der Waals surface area contributed by atoms with Gasteiger partial charge in [0.1, 0.15) is 46.8 Å². The number of aliphatic hydroxyl groups excluding tert-OH is 2. The topological polar surface area (TPSA) is 239 Å². The Bertz CT molecular complexity index is 1460. The molecule has 6 unspecified atom stereocenters. The van der Waals surface area contributed by atoms with Crippen LogP contribution in [0.15, 0.2) is 0 Å². The van der Waals surface area contributed by atoms with Gasteiger partial charge in [-0.3, -0.25) is 0 Å². The number of nitrogens with one attached hydrogen (secondary N) is 1. The molecule has 348 valence electrons. The fourth-order valence-electron chi connectivity index (χ4n) is 7.95. The Morgan fingerprint density at radius 3 is 1.95 bits per heavy atom. The molecule has 1 aliphatic carbocycles. The lowest BCUT2D eigenvalue weighted by Gasteiger charge is -2.50. The molecule has 19 nitrogen and oxygen atoms in total. The van der Waals surface area contributed by atoms with E-state index in [0.717, 1.165) is 4.90 Å². The maximum Gasteiger partial charge on any atom is 0.410 e. The van der Waals surface area contributed by atoms with E-state index in [9.17, 15) is 29.7 Å². The van der Waals surface area contributed by atoms with Gasteiger partial charge in [0, 0.05) is 13.1 Å². The van der Waals surface area contributed by atoms with Gasteiger partial charge in [-0.25, -0.2) is 14.4 Å². The van der Waals surface area contributed by atoms with Crippen LogP contribution in [-0.2, 0) is 42.6 Å². The summed E-state index contributed by atoms with van der Waals surface area (Å²) in [5.41, 5.74) is 2.48. The number of rotatable bonds is 10. The van der Waals surface area contributed by atoms with Gasteiger partial charge >= 0.3 is 18.3 Å². The van der Waals surface area contributed by atoms with Crippen LogP contribution in [0.5, 0.6) is 0 Å². The van der Waals surface area contributed by atoms with Crippen molar-refractivity contribution in [2.75, 3.05) is 33.4 Å². The number of likely N-dealkylation sites (N-methyl/N-ethyl adjacent to an activating group) is 1. The number of nitrogens with zero attached hydrogens (tertiary/aromatic N) is 2. The van der Waals surface area contributed by atoms with Crippen molar-refractivity contribution >= 4 is 18.3 Å². The summed E-state index contributed by atoms with van der Waals surface area (Å²) in [7, 11) is 1.40. The molecule has 6 N–H and O–H groups in total. The van der Waals surface area contributed by atoms with Crippen LogP contribution in [0.4, 0.5) is 14.4 Å². The van der Waals surface area contributed by atoms with Crippen LogP contribution in [0, 0.1) is 5.92 Å². The highest BCUT2D eigenvalue weighted by Gasteiger charge is 2.54. The van der Waals surface area contributed by atoms with Crippen LogP contribution < -0.4 is 11.1 Å². The summed E-state index contributed by atoms with van der Waals surface area (Å²) in [5.74, 6) is -1.17. The van der Waals surface area contributed by atoms with E-state index in [2.05, 4.69) is 5.32 Å². The molecule has 3 saturated heterocycles. The second kappa shape index (κ2) is 19.0.